The molecule has 2 atom stereocenters. The third kappa shape index (κ3) is 3.04. The molecule has 0 unspecified atom stereocenters. The number of carbonyl (C=O) groups is 1. The van der Waals surface area contributed by atoms with Gasteiger partial charge in [0, 0.05) is 23.7 Å². The number of piperidine rings is 1. The molecule has 0 bridgehead atoms. The Labute approximate surface area is 130 Å². The van der Waals surface area contributed by atoms with Crippen LogP contribution in [-0.2, 0) is 0 Å². The molecule has 5 nitrogen and oxygen atoms in total. The lowest BCUT2D eigenvalue weighted by Gasteiger charge is -2.38. The minimum absolute atomic E-state index is 0.209. The van der Waals surface area contributed by atoms with Gasteiger partial charge in [-0.2, -0.15) is 0 Å². The first-order chi connectivity index (χ1) is 10.6. The van der Waals surface area contributed by atoms with Crippen LogP contribution in [0.25, 0.3) is 10.9 Å². The molecule has 1 aliphatic rings. The van der Waals surface area contributed by atoms with Crippen LogP contribution in [0.3, 0.4) is 0 Å². The molecule has 2 amide bonds. The Kier molecular flexibility index (Phi) is 4.24. The van der Waals surface area contributed by atoms with Crippen molar-refractivity contribution in [2.75, 3.05) is 5.32 Å². The maximum absolute atomic E-state index is 12.3. The molecule has 1 saturated heterocycles. The van der Waals surface area contributed by atoms with E-state index in [-0.39, 0.29) is 6.03 Å². The number of fused-ring (bicyclic) bond motifs is 1. The largest absolute Gasteiger partial charge is 0.333 e. The highest BCUT2D eigenvalue weighted by Crippen LogP contribution is 2.22. The Morgan fingerprint density at radius 3 is 2.68 bits per heavy atom. The number of hydrogen-bond acceptors (Lipinski definition) is 3. The third-order valence-corrected chi connectivity index (χ3v) is 4.31. The van der Waals surface area contributed by atoms with Gasteiger partial charge in [-0.25, -0.2) is 9.80 Å². The van der Waals surface area contributed by atoms with Crippen molar-refractivity contribution < 1.29 is 4.79 Å². The minimum atomic E-state index is -0.209. The zero-order valence-corrected chi connectivity index (χ0v) is 13.0. The Bertz CT molecular complexity index is 657. The fourth-order valence-corrected chi connectivity index (χ4v) is 3.11. The second kappa shape index (κ2) is 6.32. The van der Waals surface area contributed by atoms with Crippen LogP contribution in [0.15, 0.2) is 36.5 Å². The molecule has 22 heavy (non-hydrogen) atoms. The van der Waals surface area contributed by atoms with Crippen molar-refractivity contribution in [3.05, 3.63) is 36.5 Å². The number of para-hydroxylation sites is 1. The first-order valence-corrected chi connectivity index (χ1v) is 7.85. The van der Waals surface area contributed by atoms with Crippen LogP contribution in [0.2, 0.25) is 0 Å². The summed E-state index contributed by atoms with van der Waals surface area (Å²) in [5, 5.41) is 5.99. The van der Waals surface area contributed by atoms with E-state index in [1.54, 1.807) is 6.20 Å². The van der Waals surface area contributed by atoms with Crippen LogP contribution in [-0.4, -0.2) is 28.1 Å². The quantitative estimate of drug-likeness (QED) is 0.891. The lowest BCUT2D eigenvalue weighted by molar-refractivity contribution is 0.0625. The molecular weight excluding hydrogens is 276 g/mol. The molecule has 2 N–H and O–H groups in total. The van der Waals surface area contributed by atoms with Gasteiger partial charge in [0.15, 0.2) is 0 Å². The molecule has 0 aliphatic carbocycles. The summed E-state index contributed by atoms with van der Waals surface area (Å²) >= 11 is 0. The first kappa shape index (κ1) is 14.8. The number of hydrogen-bond donors (Lipinski definition) is 2. The monoisotopic (exact) mass is 298 g/mol. The van der Waals surface area contributed by atoms with E-state index in [2.05, 4.69) is 34.6 Å². The fraction of sp³-hybridized carbons (Fsp3) is 0.412. The van der Waals surface area contributed by atoms with Crippen molar-refractivity contribution in [2.45, 2.75) is 45.2 Å². The van der Waals surface area contributed by atoms with Crippen molar-refractivity contribution in [1.29, 1.82) is 0 Å². The van der Waals surface area contributed by atoms with Crippen LogP contribution >= 0.6 is 0 Å². The van der Waals surface area contributed by atoms with Crippen LogP contribution < -0.4 is 10.7 Å². The Hall–Kier alpha value is -2.14. The molecule has 0 spiro atoms. The van der Waals surface area contributed by atoms with E-state index in [1.807, 2.05) is 30.3 Å². The zero-order chi connectivity index (χ0) is 15.5. The van der Waals surface area contributed by atoms with Crippen molar-refractivity contribution in [3.8, 4) is 0 Å². The SMILES string of the molecule is C[C@H]1CCC[C@H](C)N1NC(=O)Nc1cccc2cccnc12. The smallest absolute Gasteiger partial charge is 0.305 e. The number of benzene rings is 1. The van der Waals surface area contributed by atoms with E-state index in [0.29, 0.717) is 12.1 Å². The van der Waals surface area contributed by atoms with Gasteiger partial charge in [-0.15, -0.1) is 0 Å². The predicted molar refractivity (Wildman–Crippen MR) is 88.5 cm³/mol. The summed E-state index contributed by atoms with van der Waals surface area (Å²) < 4.78 is 0. The summed E-state index contributed by atoms with van der Waals surface area (Å²) in [6.45, 7) is 4.30. The van der Waals surface area contributed by atoms with Crippen LogP contribution in [0.1, 0.15) is 33.1 Å². The normalized spacial score (nSPS) is 22.5. The number of rotatable bonds is 2. The highest BCUT2D eigenvalue weighted by atomic mass is 16.2. The van der Waals surface area contributed by atoms with E-state index in [9.17, 15) is 4.79 Å². The number of anilines is 1. The molecule has 116 valence electrons. The summed E-state index contributed by atoms with van der Waals surface area (Å²) in [6.07, 6.45) is 5.18. The number of carbonyl (C=O) groups excluding carboxylic acids is 1. The highest BCUT2D eigenvalue weighted by molar-refractivity contribution is 5.99. The molecule has 1 aromatic carbocycles. The van der Waals surface area contributed by atoms with E-state index in [4.69, 9.17) is 0 Å². The Morgan fingerprint density at radius 1 is 1.18 bits per heavy atom. The number of hydrazine groups is 1. The molecule has 1 fully saturated rings. The maximum Gasteiger partial charge on any atom is 0.333 e. The Morgan fingerprint density at radius 2 is 1.91 bits per heavy atom. The minimum Gasteiger partial charge on any atom is -0.305 e. The van der Waals surface area contributed by atoms with Crippen molar-refractivity contribution in [2.24, 2.45) is 0 Å². The van der Waals surface area contributed by atoms with Crippen LogP contribution in [0.5, 0.6) is 0 Å². The molecule has 0 radical (unpaired) electrons. The van der Waals surface area contributed by atoms with E-state index in [1.165, 1.54) is 6.42 Å². The van der Waals surface area contributed by atoms with Gasteiger partial charge in [-0.3, -0.25) is 10.4 Å². The average molecular weight is 298 g/mol. The second-order valence-corrected chi connectivity index (χ2v) is 5.98. The third-order valence-electron chi connectivity index (χ3n) is 4.31. The average Bonchev–Trinajstić information content (AvgIpc) is 2.51. The topological polar surface area (TPSA) is 57.3 Å². The summed E-state index contributed by atoms with van der Waals surface area (Å²) in [5.41, 5.74) is 4.52. The standard InChI is InChI=1S/C17H22N4O/c1-12-6-3-7-13(2)21(12)20-17(22)19-15-10-4-8-14-9-5-11-18-16(14)15/h4-5,8-13H,3,6-7H2,1-2H3,(H2,19,20,22)/t12-,13-/m0/s1. The zero-order valence-electron chi connectivity index (χ0n) is 13.0. The number of amides is 2. The number of nitrogens with zero attached hydrogens (tertiary/aromatic N) is 2. The van der Waals surface area contributed by atoms with Gasteiger partial charge in [0.25, 0.3) is 0 Å². The lowest BCUT2D eigenvalue weighted by Crippen LogP contribution is -2.55. The lowest BCUT2D eigenvalue weighted by atomic mass is 10.00. The number of pyridine rings is 1. The predicted octanol–water partition coefficient (Wildman–Crippen LogP) is 3.53. The summed E-state index contributed by atoms with van der Waals surface area (Å²) in [4.78, 5) is 16.7. The molecule has 2 heterocycles. The van der Waals surface area contributed by atoms with Gasteiger partial charge < -0.3 is 5.32 Å². The molecule has 3 rings (SSSR count). The van der Waals surface area contributed by atoms with Gasteiger partial charge in [0.1, 0.15) is 0 Å². The van der Waals surface area contributed by atoms with Gasteiger partial charge in [-0.1, -0.05) is 24.6 Å². The van der Waals surface area contributed by atoms with Gasteiger partial charge in [-0.05, 0) is 38.8 Å². The summed E-state index contributed by atoms with van der Waals surface area (Å²) in [7, 11) is 0. The van der Waals surface area contributed by atoms with Crippen molar-refractivity contribution >= 4 is 22.6 Å². The summed E-state index contributed by atoms with van der Waals surface area (Å²) in [6, 6.07) is 10.2. The van der Waals surface area contributed by atoms with Crippen molar-refractivity contribution in [1.82, 2.24) is 15.4 Å². The first-order valence-electron chi connectivity index (χ1n) is 7.85. The Balaban J connectivity index is 1.73. The fourth-order valence-electron chi connectivity index (χ4n) is 3.11. The van der Waals surface area contributed by atoms with E-state index < -0.39 is 0 Å². The maximum atomic E-state index is 12.3. The molecular formula is C17H22N4O. The second-order valence-electron chi connectivity index (χ2n) is 5.98. The molecule has 2 aromatic rings. The van der Waals surface area contributed by atoms with E-state index in [0.717, 1.165) is 29.4 Å². The van der Waals surface area contributed by atoms with Crippen molar-refractivity contribution in [3.63, 3.8) is 0 Å². The van der Waals surface area contributed by atoms with Gasteiger partial charge >= 0.3 is 6.03 Å². The number of aromatic nitrogens is 1. The molecule has 1 aromatic heterocycles. The molecule has 1 aliphatic heterocycles. The molecule has 0 saturated carbocycles. The number of nitrogens with one attached hydrogen (secondary N) is 2. The van der Waals surface area contributed by atoms with Crippen LogP contribution in [0.4, 0.5) is 10.5 Å². The van der Waals surface area contributed by atoms with Gasteiger partial charge in [0.2, 0.25) is 0 Å². The number of urea groups is 1. The molecule has 5 heteroatoms. The summed E-state index contributed by atoms with van der Waals surface area (Å²) in [5.74, 6) is 0. The van der Waals surface area contributed by atoms with Gasteiger partial charge in [0.05, 0.1) is 11.2 Å². The van der Waals surface area contributed by atoms with Crippen LogP contribution in [0, 0.1) is 0 Å². The highest BCUT2D eigenvalue weighted by Gasteiger charge is 2.26. The van der Waals surface area contributed by atoms with E-state index >= 15 is 0 Å².